The average Bonchev–Trinajstić information content (AvgIpc) is 3.37. The van der Waals surface area contributed by atoms with Crippen molar-refractivity contribution in [1.29, 1.82) is 0 Å². The molecule has 3 aromatic rings. The zero-order valence-corrected chi connectivity index (χ0v) is 19.1. The molecule has 0 unspecified atom stereocenters. The van der Waals surface area contributed by atoms with Crippen LogP contribution in [-0.4, -0.2) is 38.4 Å². The number of hydrogen-bond acceptors (Lipinski definition) is 6. The van der Waals surface area contributed by atoms with E-state index in [9.17, 15) is 24.5 Å². The number of nitro groups is 1. The quantitative estimate of drug-likeness (QED) is 0.237. The highest BCUT2D eigenvalue weighted by molar-refractivity contribution is 6.12. The molecule has 0 aliphatic carbocycles. The van der Waals surface area contributed by atoms with Crippen LogP contribution in [0.15, 0.2) is 85.1 Å². The molecule has 3 aromatic carbocycles. The van der Waals surface area contributed by atoms with Crippen molar-refractivity contribution in [2.24, 2.45) is 11.8 Å². The zero-order valence-electron chi connectivity index (χ0n) is 19.1. The van der Waals surface area contributed by atoms with Gasteiger partial charge in [-0.05, 0) is 34.9 Å². The lowest BCUT2D eigenvalue weighted by molar-refractivity contribution is -0.384. The number of fused-ring (bicyclic) bond motifs is 5. The minimum absolute atomic E-state index is 0.123. The molecule has 178 valence electrons. The van der Waals surface area contributed by atoms with Crippen LogP contribution < -0.4 is 0 Å². The van der Waals surface area contributed by atoms with E-state index in [4.69, 9.17) is 0 Å². The first kappa shape index (κ1) is 21.9. The number of Topliss-reactive ketones (excluding diaryl/α,β-unsaturated/α-hetero) is 1. The summed E-state index contributed by atoms with van der Waals surface area (Å²) >= 11 is 0. The van der Waals surface area contributed by atoms with E-state index in [1.54, 1.807) is 6.20 Å². The van der Waals surface area contributed by atoms with Crippen molar-refractivity contribution >= 4 is 29.4 Å². The molecule has 8 heteroatoms. The van der Waals surface area contributed by atoms with E-state index < -0.39 is 28.8 Å². The van der Waals surface area contributed by atoms with Gasteiger partial charge in [0.25, 0.3) is 5.69 Å². The van der Waals surface area contributed by atoms with Crippen LogP contribution in [0.5, 0.6) is 0 Å². The lowest BCUT2D eigenvalue weighted by Gasteiger charge is -2.35. The standard InChI is InChI=1S/C28H21N3O5/c32-26(19-10-12-20(13-11-19)31(35)36)25-23-22(24-21-9-5-4-8-18(21)14-15-29(24)25)27(33)30(28(23)34)16-17-6-2-1-3-7-17/h1-15,22-25H,16H2/t22-,23+,24-,25-/m0/s1. The van der Waals surface area contributed by atoms with Gasteiger partial charge >= 0.3 is 0 Å². The van der Waals surface area contributed by atoms with Gasteiger partial charge < -0.3 is 4.90 Å². The molecular weight excluding hydrogens is 458 g/mol. The van der Waals surface area contributed by atoms with Gasteiger partial charge in [0.05, 0.1) is 29.3 Å². The van der Waals surface area contributed by atoms with Crippen molar-refractivity contribution < 1.29 is 19.3 Å². The van der Waals surface area contributed by atoms with Crippen LogP contribution in [0.2, 0.25) is 0 Å². The Kier molecular flexibility index (Phi) is 5.03. The molecule has 2 fully saturated rings. The minimum Gasteiger partial charge on any atom is -0.358 e. The molecule has 0 radical (unpaired) electrons. The molecule has 36 heavy (non-hydrogen) atoms. The molecule has 2 amide bonds. The Bertz CT molecular complexity index is 1430. The summed E-state index contributed by atoms with van der Waals surface area (Å²) < 4.78 is 0. The van der Waals surface area contributed by atoms with E-state index >= 15 is 0 Å². The summed E-state index contributed by atoms with van der Waals surface area (Å²) in [4.78, 5) is 55.0. The van der Waals surface area contributed by atoms with Gasteiger partial charge in [-0.25, -0.2) is 0 Å². The smallest absolute Gasteiger partial charge is 0.269 e. The molecule has 3 aliphatic rings. The molecule has 3 heterocycles. The van der Waals surface area contributed by atoms with Crippen LogP contribution in [0.25, 0.3) is 6.08 Å². The first-order chi connectivity index (χ1) is 17.5. The van der Waals surface area contributed by atoms with Crippen molar-refractivity contribution in [3.63, 3.8) is 0 Å². The minimum atomic E-state index is -0.900. The number of non-ortho nitro benzene ring substituents is 1. The normalized spacial score (nSPS) is 23.9. The van der Waals surface area contributed by atoms with Crippen molar-refractivity contribution in [1.82, 2.24) is 9.80 Å². The summed E-state index contributed by atoms with van der Waals surface area (Å²) in [5.74, 6) is -2.56. The fourth-order valence-corrected chi connectivity index (χ4v) is 5.76. The molecule has 0 aromatic heterocycles. The Labute approximate surface area is 206 Å². The number of ketones is 1. The number of nitro benzene ring substituents is 1. The van der Waals surface area contributed by atoms with Gasteiger partial charge in [-0.15, -0.1) is 0 Å². The number of imide groups is 1. The fourth-order valence-electron chi connectivity index (χ4n) is 5.76. The van der Waals surface area contributed by atoms with Crippen molar-refractivity contribution in [3.05, 3.63) is 117 Å². The number of nitrogens with zero attached hydrogens (tertiary/aromatic N) is 3. The number of hydrogen-bond donors (Lipinski definition) is 0. The lowest BCUT2D eigenvalue weighted by Crippen LogP contribution is -2.44. The van der Waals surface area contributed by atoms with Crippen LogP contribution in [-0.2, 0) is 16.1 Å². The second-order valence-corrected chi connectivity index (χ2v) is 9.25. The Morgan fingerprint density at radius 2 is 1.53 bits per heavy atom. The van der Waals surface area contributed by atoms with Crippen LogP contribution in [0.3, 0.4) is 0 Å². The summed E-state index contributed by atoms with van der Waals surface area (Å²) in [6, 6.07) is 21.0. The molecule has 2 saturated heterocycles. The van der Waals surface area contributed by atoms with Crippen molar-refractivity contribution in [2.75, 3.05) is 0 Å². The lowest BCUT2D eigenvalue weighted by atomic mass is 9.83. The molecule has 6 rings (SSSR count). The highest BCUT2D eigenvalue weighted by Crippen LogP contribution is 2.53. The topological polar surface area (TPSA) is 101 Å². The average molecular weight is 479 g/mol. The van der Waals surface area contributed by atoms with Gasteiger partial charge in [0, 0.05) is 23.9 Å². The maximum atomic E-state index is 13.8. The number of benzene rings is 3. The Hall–Kier alpha value is -4.59. The third kappa shape index (κ3) is 3.25. The summed E-state index contributed by atoms with van der Waals surface area (Å²) in [6.07, 6.45) is 3.68. The monoisotopic (exact) mass is 479 g/mol. The molecule has 0 spiro atoms. The highest BCUT2D eigenvalue weighted by Gasteiger charge is 2.64. The first-order valence-electron chi connectivity index (χ1n) is 11.7. The van der Waals surface area contributed by atoms with Gasteiger partial charge in [-0.1, -0.05) is 54.6 Å². The predicted molar refractivity (Wildman–Crippen MR) is 130 cm³/mol. The van der Waals surface area contributed by atoms with Crippen LogP contribution in [0.4, 0.5) is 5.69 Å². The SMILES string of the molecule is O=C(c1ccc([N+](=O)[O-])cc1)[C@@H]1[C@@H]2C(=O)N(Cc3ccccc3)C(=O)[C@@H]2[C@@H]2c3ccccc3C=CN12. The fraction of sp³-hybridized carbons (Fsp3) is 0.179. The van der Waals surface area contributed by atoms with Gasteiger partial charge in [-0.2, -0.15) is 0 Å². The van der Waals surface area contributed by atoms with Crippen LogP contribution in [0, 0.1) is 22.0 Å². The van der Waals surface area contributed by atoms with E-state index in [2.05, 4.69) is 0 Å². The molecule has 0 N–H and O–H groups in total. The Balaban J connectivity index is 1.43. The summed E-state index contributed by atoms with van der Waals surface area (Å²) in [6.45, 7) is 0.147. The molecule has 4 atom stereocenters. The Morgan fingerprint density at radius 1 is 0.861 bits per heavy atom. The van der Waals surface area contributed by atoms with Crippen LogP contribution in [0.1, 0.15) is 33.1 Å². The Morgan fingerprint density at radius 3 is 2.25 bits per heavy atom. The second-order valence-electron chi connectivity index (χ2n) is 9.25. The van der Waals surface area contributed by atoms with Crippen molar-refractivity contribution in [2.45, 2.75) is 18.6 Å². The number of carbonyl (C=O) groups excluding carboxylic acids is 3. The first-order valence-corrected chi connectivity index (χ1v) is 11.7. The van der Waals surface area contributed by atoms with E-state index in [1.807, 2.05) is 65.6 Å². The number of carbonyl (C=O) groups is 3. The summed E-state index contributed by atoms with van der Waals surface area (Å²) in [5.41, 5.74) is 2.82. The molecule has 0 saturated carbocycles. The largest absolute Gasteiger partial charge is 0.358 e. The van der Waals surface area contributed by atoms with Gasteiger partial charge in [0.15, 0.2) is 5.78 Å². The van der Waals surface area contributed by atoms with Gasteiger partial charge in [-0.3, -0.25) is 29.4 Å². The zero-order chi connectivity index (χ0) is 25.0. The van der Waals surface area contributed by atoms with Gasteiger partial charge in [0.1, 0.15) is 6.04 Å². The van der Waals surface area contributed by atoms with E-state index in [-0.39, 0.29) is 35.4 Å². The number of likely N-dealkylation sites (tertiary alicyclic amines) is 1. The summed E-state index contributed by atoms with van der Waals surface area (Å²) in [5, 5.41) is 11.1. The van der Waals surface area contributed by atoms with Crippen molar-refractivity contribution in [3.8, 4) is 0 Å². The molecule has 3 aliphatic heterocycles. The third-order valence-electron chi connectivity index (χ3n) is 7.37. The highest BCUT2D eigenvalue weighted by atomic mass is 16.6. The van der Waals surface area contributed by atoms with E-state index in [0.29, 0.717) is 0 Å². The number of rotatable bonds is 5. The number of amides is 2. The van der Waals surface area contributed by atoms with E-state index in [0.717, 1.165) is 16.7 Å². The van der Waals surface area contributed by atoms with Gasteiger partial charge in [0.2, 0.25) is 11.8 Å². The van der Waals surface area contributed by atoms with Crippen LogP contribution >= 0.6 is 0 Å². The predicted octanol–water partition coefficient (Wildman–Crippen LogP) is 3.99. The maximum Gasteiger partial charge on any atom is 0.269 e. The third-order valence-corrected chi connectivity index (χ3v) is 7.37. The second kappa shape index (κ2) is 8.27. The van der Waals surface area contributed by atoms with E-state index in [1.165, 1.54) is 29.2 Å². The molecular formula is C28H21N3O5. The summed E-state index contributed by atoms with van der Waals surface area (Å²) in [7, 11) is 0. The molecule has 0 bridgehead atoms. The maximum absolute atomic E-state index is 13.8. The molecule has 8 nitrogen and oxygen atoms in total.